The number of aromatic hydroxyl groups is 1. The van der Waals surface area contributed by atoms with Gasteiger partial charge in [0.25, 0.3) is 0 Å². The van der Waals surface area contributed by atoms with E-state index < -0.39 is 0 Å². The van der Waals surface area contributed by atoms with E-state index in [-0.39, 0.29) is 24.1 Å². The van der Waals surface area contributed by atoms with Gasteiger partial charge in [0.05, 0.1) is 42.1 Å². The Bertz CT molecular complexity index is 1220. The van der Waals surface area contributed by atoms with Gasteiger partial charge in [-0.3, -0.25) is 0 Å². The summed E-state index contributed by atoms with van der Waals surface area (Å²) >= 11 is 0. The van der Waals surface area contributed by atoms with E-state index >= 15 is 0 Å². The molecule has 0 spiro atoms. The maximum atomic E-state index is 10.7. The van der Waals surface area contributed by atoms with Crippen molar-refractivity contribution >= 4 is 22.4 Å². The zero-order valence-corrected chi connectivity index (χ0v) is 17.8. The van der Waals surface area contributed by atoms with E-state index in [0.29, 0.717) is 34.9 Å². The minimum absolute atomic E-state index is 0.00714. The van der Waals surface area contributed by atoms with Crippen molar-refractivity contribution in [1.82, 2.24) is 15.2 Å². The van der Waals surface area contributed by atoms with Crippen molar-refractivity contribution in [3.63, 3.8) is 0 Å². The molecule has 2 bridgehead atoms. The highest BCUT2D eigenvalue weighted by atomic mass is 16.5. The third kappa shape index (κ3) is 3.22. The Morgan fingerprint density at radius 1 is 1.32 bits per heavy atom. The van der Waals surface area contributed by atoms with Gasteiger partial charge in [-0.2, -0.15) is 10.4 Å². The highest BCUT2D eigenvalue weighted by molar-refractivity contribution is 5.93. The van der Waals surface area contributed by atoms with Crippen LogP contribution in [0.1, 0.15) is 41.8 Å². The van der Waals surface area contributed by atoms with Crippen LogP contribution in [-0.2, 0) is 4.74 Å². The first-order chi connectivity index (χ1) is 15.0. The fourth-order valence-corrected chi connectivity index (χ4v) is 4.71. The van der Waals surface area contributed by atoms with Crippen LogP contribution in [0.2, 0.25) is 0 Å². The van der Waals surface area contributed by atoms with Crippen LogP contribution in [0.25, 0.3) is 10.9 Å². The van der Waals surface area contributed by atoms with Crippen LogP contribution >= 0.6 is 0 Å². The predicted octanol–water partition coefficient (Wildman–Crippen LogP) is 3.37. The summed E-state index contributed by atoms with van der Waals surface area (Å²) in [6.07, 6.45) is 1.19. The van der Waals surface area contributed by atoms with Crippen LogP contribution in [0.5, 0.6) is 5.88 Å². The zero-order valence-electron chi connectivity index (χ0n) is 17.8. The van der Waals surface area contributed by atoms with Gasteiger partial charge in [0.1, 0.15) is 11.2 Å². The predicted molar refractivity (Wildman–Crippen MR) is 117 cm³/mol. The number of nitriles is 1. The molecule has 0 radical (unpaired) electrons. The Balaban J connectivity index is 1.55. The van der Waals surface area contributed by atoms with E-state index in [2.05, 4.69) is 31.5 Å². The summed E-state index contributed by atoms with van der Waals surface area (Å²) in [6, 6.07) is 10.1. The molecule has 3 aromatic rings. The minimum atomic E-state index is -0.0954. The molecule has 8 nitrogen and oxygen atoms in total. The van der Waals surface area contributed by atoms with E-state index in [1.165, 1.54) is 0 Å². The first kappa shape index (κ1) is 19.5. The van der Waals surface area contributed by atoms with E-state index in [4.69, 9.17) is 4.74 Å². The van der Waals surface area contributed by atoms with Crippen LogP contribution < -0.4 is 10.2 Å². The Morgan fingerprint density at radius 2 is 2.16 bits per heavy atom. The van der Waals surface area contributed by atoms with Crippen molar-refractivity contribution in [1.29, 1.82) is 5.26 Å². The lowest BCUT2D eigenvalue weighted by molar-refractivity contribution is 0.0989. The number of nitrogens with zero attached hydrogens (tertiary/aromatic N) is 5. The molecule has 2 aliphatic heterocycles. The molecule has 2 unspecified atom stereocenters. The third-order valence-corrected chi connectivity index (χ3v) is 6.41. The summed E-state index contributed by atoms with van der Waals surface area (Å²) in [6.45, 7) is 7.24. The number of nitrogens with one attached hydrogen (secondary N) is 1. The smallest absolute Gasteiger partial charge is 0.235 e. The second-order valence-electron chi connectivity index (χ2n) is 8.36. The van der Waals surface area contributed by atoms with Gasteiger partial charge in [0.2, 0.25) is 5.88 Å². The van der Waals surface area contributed by atoms with Gasteiger partial charge in [-0.25, -0.2) is 4.98 Å². The van der Waals surface area contributed by atoms with Crippen LogP contribution in [0.15, 0.2) is 24.3 Å². The Kier molecular flexibility index (Phi) is 4.63. The molecule has 31 heavy (non-hydrogen) atoms. The van der Waals surface area contributed by atoms with Crippen LogP contribution in [0.3, 0.4) is 0 Å². The number of pyridine rings is 1. The molecule has 2 aliphatic rings. The lowest BCUT2D eigenvalue weighted by atomic mass is 9.98. The quantitative estimate of drug-likeness (QED) is 0.667. The van der Waals surface area contributed by atoms with E-state index in [0.717, 1.165) is 29.5 Å². The van der Waals surface area contributed by atoms with Gasteiger partial charge in [-0.1, -0.05) is 12.1 Å². The SMILES string of the molecule is Cc1c(C#N)cccc1[C@@H](C)Nc1nnc(C)c2nc(O)c(N3CC4CC3CO4)cc12. The molecule has 4 heterocycles. The number of anilines is 2. The molecule has 158 valence electrons. The summed E-state index contributed by atoms with van der Waals surface area (Å²) in [5.41, 5.74) is 4.60. The zero-order chi connectivity index (χ0) is 21.7. The molecular weight excluding hydrogens is 392 g/mol. The van der Waals surface area contributed by atoms with Crippen LogP contribution in [-0.4, -0.2) is 45.6 Å². The Labute approximate surface area is 180 Å². The summed E-state index contributed by atoms with van der Waals surface area (Å²) in [7, 11) is 0. The summed E-state index contributed by atoms with van der Waals surface area (Å²) in [5.74, 6) is 0.608. The number of aryl methyl sites for hydroxylation is 1. The molecule has 2 aromatic heterocycles. The molecule has 5 rings (SSSR count). The standard InChI is InChI=1S/C23H24N6O2/c1-12-15(9-24)5-4-6-18(12)13(2)25-22-19-8-20(29-10-17-7-16(29)11-31-17)23(30)26-21(19)14(3)27-28-22/h4-6,8,13,16-17H,7,10-11H2,1-3H3,(H,25,28)(H,26,30)/t13-,16?,17?/m1/s1. The van der Waals surface area contributed by atoms with E-state index in [9.17, 15) is 10.4 Å². The number of aromatic nitrogens is 3. The second-order valence-corrected chi connectivity index (χ2v) is 8.36. The lowest BCUT2D eigenvalue weighted by Gasteiger charge is -2.29. The first-order valence-electron chi connectivity index (χ1n) is 10.5. The molecule has 8 heteroatoms. The fourth-order valence-electron chi connectivity index (χ4n) is 4.71. The number of hydrogen-bond donors (Lipinski definition) is 2. The van der Waals surface area contributed by atoms with Gasteiger partial charge in [-0.05, 0) is 50.5 Å². The number of rotatable bonds is 4. The summed E-state index contributed by atoms with van der Waals surface area (Å²) in [5, 5.41) is 32.9. The highest BCUT2D eigenvalue weighted by Crippen LogP contribution is 2.39. The molecule has 3 atom stereocenters. The van der Waals surface area contributed by atoms with Crippen LogP contribution in [0.4, 0.5) is 11.5 Å². The normalized spacial score (nSPS) is 20.8. The Morgan fingerprint density at radius 3 is 2.87 bits per heavy atom. The molecule has 2 N–H and O–H groups in total. The van der Waals surface area contributed by atoms with Crippen molar-refractivity contribution in [2.45, 2.75) is 45.4 Å². The maximum Gasteiger partial charge on any atom is 0.235 e. The topological polar surface area (TPSA) is 107 Å². The summed E-state index contributed by atoms with van der Waals surface area (Å²) < 4.78 is 5.70. The average Bonchev–Trinajstić information content (AvgIpc) is 3.39. The lowest BCUT2D eigenvalue weighted by Crippen LogP contribution is -2.37. The number of hydrogen-bond acceptors (Lipinski definition) is 8. The number of fused-ring (bicyclic) bond motifs is 3. The van der Waals surface area contributed by atoms with Gasteiger partial charge < -0.3 is 20.1 Å². The van der Waals surface area contributed by atoms with Crippen molar-refractivity contribution < 1.29 is 9.84 Å². The van der Waals surface area contributed by atoms with E-state index in [1.54, 1.807) is 0 Å². The second kappa shape index (κ2) is 7.36. The minimum Gasteiger partial charge on any atom is -0.492 e. The number of morpholine rings is 1. The largest absolute Gasteiger partial charge is 0.492 e. The average molecular weight is 416 g/mol. The maximum absolute atomic E-state index is 10.7. The third-order valence-electron chi connectivity index (χ3n) is 6.41. The fraction of sp³-hybridized carbons (Fsp3) is 0.391. The van der Waals surface area contributed by atoms with Crippen LogP contribution in [0, 0.1) is 25.2 Å². The summed E-state index contributed by atoms with van der Waals surface area (Å²) in [4.78, 5) is 6.66. The van der Waals surface area contributed by atoms with Crippen molar-refractivity contribution in [2.24, 2.45) is 0 Å². The van der Waals surface area contributed by atoms with Gasteiger partial charge in [0, 0.05) is 11.9 Å². The molecular formula is C23H24N6O2. The van der Waals surface area contributed by atoms with Gasteiger partial charge in [-0.15, -0.1) is 5.10 Å². The van der Waals surface area contributed by atoms with Gasteiger partial charge in [0.15, 0.2) is 5.82 Å². The number of ether oxygens (including phenoxy) is 1. The Hall–Kier alpha value is -3.44. The monoisotopic (exact) mass is 416 g/mol. The molecule has 0 amide bonds. The molecule has 2 saturated heterocycles. The van der Waals surface area contributed by atoms with Gasteiger partial charge >= 0.3 is 0 Å². The highest BCUT2D eigenvalue weighted by Gasteiger charge is 2.40. The molecule has 0 aliphatic carbocycles. The van der Waals surface area contributed by atoms with Crippen molar-refractivity contribution in [3.8, 4) is 11.9 Å². The molecule has 1 aromatic carbocycles. The molecule has 2 fully saturated rings. The number of benzene rings is 1. The van der Waals surface area contributed by atoms with Crippen molar-refractivity contribution in [2.75, 3.05) is 23.4 Å². The first-order valence-corrected chi connectivity index (χ1v) is 10.5. The molecule has 0 saturated carbocycles. The van der Waals surface area contributed by atoms with E-state index in [1.807, 2.05) is 45.0 Å². The van der Waals surface area contributed by atoms with Crippen molar-refractivity contribution in [3.05, 3.63) is 46.6 Å².